The van der Waals surface area contributed by atoms with E-state index in [2.05, 4.69) is 0 Å². The third-order valence-electron chi connectivity index (χ3n) is 4.20. The van der Waals surface area contributed by atoms with Crippen LogP contribution in [0.1, 0.15) is 22.7 Å². The van der Waals surface area contributed by atoms with E-state index in [-0.39, 0.29) is 35.9 Å². The van der Waals surface area contributed by atoms with Gasteiger partial charge in [-0.05, 0) is 24.6 Å². The maximum Gasteiger partial charge on any atom is 0.258 e. The maximum atomic E-state index is 13.7. The Kier molecular flexibility index (Phi) is 4.30. The molecule has 0 fully saturated rings. The number of aliphatic hydroxyl groups is 1. The number of nitrogens with two attached hydrogens (primary N) is 1. The number of aliphatic hydroxyl groups excluding tert-OH is 1. The molecule has 2 heterocycles. The molecule has 1 aromatic heterocycles. The smallest absolute Gasteiger partial charge is 0.258 e. The Morgan fingerprint density at radius 1 is 1.44 bits per heavy atom. The van der Waals surface area contributed by atoms with Crippen LogP contribution in [0, 0.1) is 24.1 Å². The van der Waals surface area contributed by atoms with Crippen molar-refractivity contribution in [3.63, 3.8) is 0 Å². The van der Waals surface area contributed by atoms with Gasteiger partial charge in [-0.25, -0.2) is 4.39 Å². The molecule has 25 heavy (non-hydrogen) atoms. The number of nitrogens with zero attached hydrogens (tertiary/aromatic N) is 2. The second-order valence-corrected chi connectivity index (χ2v) is 5.72. The highest BCUT2D eigenvalue weighted by molar-refractivity contribution is 5.55. The lowest BCUT2D eigenvalue weighted by Crippen LogP contribution is -2.33. The van der Waals surface area contributed by atoms with Crippen LogP contribution in [-0.2, 0) is 6.54 Å². The fourth-order valence-electron chi connectivity index (χ4n) is 3.08. The fourth-order valence-corrected chi connectivity index (χ4v) is 3.08. The Labute approximate surface area is 143 Å². The van der Waals surface area contributed by atoms with Gasteiger partial charge >= 0.3 is 0 Å². The molecule has 1 aromatic carbocycles. The third-order valence-corrected chi connectivity index (χ3v) is 4.20. The van der Waals surface area contributed by atoms with Gasteiger partial charge in [-0.2, -0.15) is 5.26 Å². The number of rotatable bonds is 3. The number of hydrogen-bond donors (Lipinski definition) is 2. The Hall–Kier alpha value is -3.11. The molecular formula is C18H16FN3O3. The van der Waals surface area contributed by atoms with Gasteiger partial charge in [0.05, 0.1) is 18.1 Å². The van der Waals surface area contributed by atoms with Crippen LogP contribution in [0.4, 0.5) is 4.39 Å². The first kappa shape index (κ1) is 16.7. The fraction of sp³-hybridized carbons (Fsp3) is 0.222. The molecule has 0 amide bonds. The highest BCUT2D eigenvalue weighted by Crippen LogP contribution is 2.40. The maximum absolute atomic E-state index is 13.7. The van der Waals surface area contributed by atoms with E-state index in [1.807, 2.05) is 6.07 Å². The Morgan fingerprint density at radius 2 is 2.20 bits per heavy atom. The summed E-state index contributed by atoms with van der Waals surface area (Å²) in [7, 11) is 0. The summed E-state index contributed by atoms with van der Waals surface area (Å²) in [5.41, 5.74) is 6.73. The topological polar surface area (TPSA) is 101 Å². The first-order valence-corrected chi connectivity index (χ1v) is 7.66. The van der Waals surface area contributed by atoms with Crippen LogP contribution in [-0.4, -0.2) is 16.3 Å². The molecule has 0 unspecified atom stereocenters. The molecule has 1 aliphatic rings. The number of aromatic nitrogens is 1. The number of halogens is 1. The molecule has 128 valence electrons. The molecular weight excluding hydrogens is 325 g/mol. The van der Waals surface area contributed by atoms with Crippen molar-refractivity contribution in [2.24, 2.45) is 5.73 Å². The summed E-state index contributed by atoms with van der Waals surface area (Å²) in [6.45, 7) is 1.60. The van der Waals surface area contributed by atoms with Crippen LogP contribution in [0.3, 0.4) is 0 Å². The van der Waals surface area contributed by atoms with Crippen LogP contribution in [0.2, 0.25) is 0 Å². The standard InChI is InChI=1S/C18H16FN3O3/c1-10-7-14-16(18(24)22(10)5-6-23)15(13(9-20)17(21)25-14)11-3-2-4-12(19)8-11/h2-4,7-8,15,23H,5-6,21H2,1H3/t15-/m0/s1. The molecule has 6 nitrogen and oxygen atoms in total. The van der Waals surface area contributed by atoms with E-state index in [1.165, 1.54) is 22.8 Å². The quantitative estimate of drug-likeness (QED) is 0.881. The van der Waals surface area contributed by atoms with Gasteiger partial charge in [0.15, 0.2) is 0 Å². The van der Waals surface area contributed by atoms with Crippen molar-refractivity contribution in [2.75, 3.05) is 6.61 Å². The number of hydrogen-bond acceptors (Lipinski definition) is 5. The summed E-state index contributed by atoms with van der Waals surface area (Å²) < 4.78 is 20.6. The van der Waals surface area contributed by atoms with Gasteiger partial charge in [0.2, 0.25) is 5.88 Å². The molecule has 2 aromatic rings. The highest BCUT2D eigenvalue weighted by Gasteiger charge is 2.34. The van der Waals surface area contributed by atoms with Crippen molar-refractivity contribution in [1.29, 1.82) is 5.26 Å². The minimum atomic E-state index is -0.831. The van der Waals surface area contributed by atoms with Gasteiger partial charge in [0.25, 0.3) is 5.56 Å². The Morgan fingerprint density at radius 3 is 2.84 bits per heavy atom. The molecule has 7 heteroatoms. The van der Waals surface area contributed by atoms with Crippen LogP contribution in [0.15, 0.2) is 46.6 Å². The lowest BCUT2D eigenvalue weighted by atomic mass is 9.84. The molecule has 0 aliphatic carbocycles. The van der Waals surface area contributed by atoms with Crippen molar-refractivity contribution in [2.45, 2.75) is 19.4 Å². The predicted octanol–water partition coefficient (Wildman–Crippen LogP) is 1.51. The van der Waals surface area contributed by atoms with Gasteiger partial charge in [-0.3, -0.25) is 4.79 Å². The molecule has 0 radical (unpaired) electrons. The SMILES string of the molecule is Cc1cc2c(c(=O)n1CCO)[C@@H](c1cccc(F)c1)C(C#N)=C(N)O2. The largest absolute Gasteiger partial charge is 0.440 e. The molecule has 0 saturated carbocycles. The minimum Gasteiger partial charge on any atom is -0.440 e. The first-order chi connectivity index (χ1) is 12.0. The molecule has 3 rings (SSSR count). The van der Waals surface area contributed by atoms with Crippen molar-refractivity contribution in [3.05, 3.63) is 74.8 Å². The number of nitriles is 1. The zero-order valence-corrected chi connectivity index (χ0v) is 13.5. The van der Waals surface area contributed by atoms with E-state index in [0.717, 1.165) is 0 Å². The second-order valence-electron chi connectivity index (χ2n) is 5.72. The monoisotopic (exact) mass is 341 g/mol. The second kappa shape index (κ2) is 6.42. The van der Waals surface area contributed by atoms with E-state index >= 15 is 0 Å². The summed E-state index contributed by atoms with van der Waals surface area (Å²) in [4.78, 5) is 13.0. The summed E-state index contributed by atoms with van der Waals surface area (Å²) >= 11 is 0. The number of benzene rings is 1. The van der Waals surface area contributed by atoms with Gasteiger partial charge in [-0.15, -0.1) is 0 Å². The van der Waals surface area contributed by atoms with Crippen molar-refractivity contribution < 1.29 is 14.2 Å². The van der Waals surface area contributed by atoms with Gasteiger partial charge in [-0.1, -0.05) is 12.1 Å². The highest BCUT2D eigenvalue weighted by atomic mass is 19.1. The molecule has 1 aliphatic heterocycles. The summed E-state index contributed by atoms with van der Waals surface area (Å²) in [5.74, 6) is -1.18. The van der Waals surface area contributed by atoms with Gasteiger partial charge in [0.1, 0.15) is 23.2 Å². The number of ether oxygens (including phenoxy) is 1. The first-order valence-electron chi connectivity index (χ1n) is 7.66. The van der Waals surface area contributed by atoms with E-state index in [9.17, 15) is 19.6 Å². The van der Waals surface area contributed by atoms with Crippen molar-refractivity contribution >= 4 is 0 Å². The average Bonchev–Trinajstić information content (AvgIpc) is 2.57. The number of allylic oxidation sites excluding steroid dienone is 1. The molecule has 1 atom stereocenters. The van der Waals surface area contributed by atoms with E-state index in [0.29, 0.717) is 11.3 Å². The number of aryl methyl sites for hydroxylation is 1. The predicted molar refractivity (Wildman–Crippen MR) is 88.2 cm³/mol. The van der Waals surface area contributed by atoms with Crippen LogP contribution < -0.4 is 16.0 Å². The zero-order chi connectivity index (χ0) is 18.1. The molecule has 0 bridgehead atoms. The van der Waals surface area contributed by atoms with E-state index < -0.39 is 17.3 Å². The number of pyridine rings is 1. The van der Waals surface area contributed by atoms with Crippen molar-refractivity contribution in [1.82, 2.24) is 4.57 Å². The summed E-state index contributed by atoms with van der Waals surface area (Å²) in [5, 5.41) is 18.7. The Balaban J connectivity index is 2.33. The summed E-state index contributed by atoms with van der Waals surface area (Å²) in [6, 6.07) is 9.27. The lowest BCUT2D eigenvalue weighted by molar-refractivity contribution is 0.272. The number of fused-ring (bicyclic) bond motifs is 1. The van der Waals surface area contributed by atoms with Gasteiger partial charge in [0, 0.05) is 18.3 Å². The van der Waals surface area contributed by atoms with Gasteiger partial charge < -0.3 is 20.1 Å². The van der Waals surface area contributed by atoms with Crippen LogP contribution >= 0.6 is 0 Å². The zero-order valence-electron chi connectivity index (χ0n) is 13.5. The van der Waals surface area contributed by atoms with Crippen LogP contribution in [0.5, 0.6) is 5.75 Å². The van der Waals surface area contributed by atoms with E-state index in [4.69, 9.17) is 10.5 Å². The third kappa shape index (κ3) is 2.77. The average molecular weight is 341 g/mol. The minimum absolute atomic E-state index is 0.0506. The molecule has 0 spiro atoms. The molecule has 3 N–H and O–H groups in total. The van der Waals surface area contributed by atoms with Crippen molar-refractivity contribution in [3.8, 4) is 11.8 Å². The van der Waals surface area contributed by atoms with E-state index in [1.54, 1.807) is 19.1 Å². The lowest BCUT2D eigenvalue weighted by Gasteiger charge is -2.27. The molecule has 0 saturated heterocycles. The Bertz CT molecular complexity index is 973. The normalized spacial score (nSPS) is 16.2. The summed E-state index contributed by atoms with van der Waals surface area (Å²) in [6.07, 6.45) is 0. The van der Waals surface area contributed by atoms with Crippen LogP contribution in [0.25, 0.3) is 0 Å².